The van der Waals surface area contributed by atoms with Gasteiger partial charge in [0.1, 0.15) is 5.82 Å². The van der Waals surface area contributed by atoms with Crippen molar-refractivity contribution in [1.82, 2.24) is 14.2 Å². The lowest BCUT2D eigenvalue weighted by Gasteiger charge is -2.36. The van der Waals surface area contributed by atoms with E-state index in [0.29, 0.717) is 37.1 Å². The quantitative estimate of drug-likeness (QED) is 0.682. The highest BCUT2D eigenvalue weighted by Crippen LogP contribution is 2.25. The van der Waals surface area contributed by atoms with Crippen LogP contribution in [0.3, 0.4) is 0 Å². The molecule has 2 fully saturated rings. The van der Waals surface area contributed by atoms with Crippen LogP contribution in [0.5, 0.6) is 0 Å². The average Bonchev–Trinajstić information content (AvgIpc) is 2.80. The van der Waals surface area contributed by atoms with Crippen molar-refractivity contribution in [3.63, 3.8) is 0 Å². The van der Waals surface area contributed by atoms with E-state index in [-0.39, 0.29) is 0 Å². The summed E-state index contributed by atoms with van der Waals surface area (Å²) < 4.78 is 32.3. The molecule has 0 bridgehead atoms. The van der Waals surface area contributed by atoms with Gasteiger partial charge in [-0.05, 0) is 35.7 Å². The van der Waals surface area contributed by atoms with Crippen molar-refractivity contribution >= 4 is 15.8 Å². The zero-order valence-corrected chi connectivity index (χ0v) is 19.2. The lowest BCUT2D eigenvalue weighted by Crippen LogP contribution is -2.47. The van der Waals surface area contributed by atoms with Crippen LogP contribution in [0, 0.1) is 5.92 Å². The van der Waals surface area contributed by atoms with Gasteiger partial charge in [0.25, 0.3) is 0 Å². The zero-order valence-electron chi connectivity index (χ0n) is 18.4. The van der Waals surface area contributed by atoms with Gasteiger partial charge < -0.3 is 9.64 Å². The van der Waals surface area contributed by atoms with Crippen LogP contribution < -0.4 is 4.90 Å². The molecule has 1 aromatic carbocycles. The highest BCUT2D eigenvalue weighted by Gasteiger charge is 2.26. The first kappa shape index (κ1) is 22.2. The van der Waals surface area contributed by atoms with Gasteiger partial charge in [-0.15, -0.1) is 0 Å². The Morgan fingerprint density at radius 2 is 1.55 bits per heavy atom. The number of hydrogen-bond donors (Lipinski definition) is 0. The van der Waals surface area contributed by atoms with E-state index in [9.17, 15) is 8.42 Å². The van der Waals surface area contributed by atoms with Crippen LogP contribution in [0.2, 0.25) is 0 Å². The van der Waals surface area contributed by atoms with Crippen molar-refractivity contribution in [2.45, 2.75) is 18.7 Å². The normalized spacial score (nSPS) is 19.1. The number of sulfonamides is 1. The van der Waals surface area contributed by atoms with Crippen molar-refractivity contribution in [1.29, 1.82) is 0 Å². The SMILES string of the molecule is CC(C)CN1CCN(c2ccc(-c3ccc(S(=O)(=O)N4CCOCC4)cc3)cn2)CC1. The smallest absolute Gasteiger partial charge is 0.243 e. The van der Waals surface area contributed by atoms with Crippen LogP contribution in [-0.4, -0.2) is 81.6 Å². The molecule has 1 aromatic heterocycles. The van der Waals surface area contributed by atoms with Gasteiger partial charge in [-0.2, -0.15) is 4.31 Å². The number of ether oxygens (including phenoxy) is 1. The molecule has 0 N–H and O–H groups in total. The number of piperazine rings is 1. The van der Waals surface area contributed by atoms with Crippen molar-refractivity contribution in [2.75, 3.05) is 63.9 Å². The number of hydrogen-bond acceptors (Lipinski definition) is 6. The summed E-state index contributed by atoms with van der Waals surface area (Å²) in [6.45, 7) is 11.5. The van der Waals surface area contributed by atoms with E-state index in [0.717, 1.165) is 49.7 Å². The first-order chi connectivity index (χ1) is 14.9. The van der Waals surface area contributed by atoms with Crippen LogP contribution in [0.15, 0.2) is 47.5 Å². The molecule has 31 heavy (non-hydrogen) atoms. The molecule has 8 heteroatoms. The molecule has 0 saturated carbocycles. The molecule has 2 aliphatic rings. The van der Waals surface area contributed by atoms with Gasteiger partial charge in [0, 0.05) is 57.6 Å². The maximum Gasteiger partial charge on any atom is 0.243 e. The summed E-state index contributed by atoms with van der Waals surface area (Å²) in [6, 6.07) is 11.2. The minimum absolute atomic E-state index is 0.321. The molecular formula is C23H32N4O3S. The van der Waals surface area contributed by atoms with Gasteiger partial charge in [0.15, 0.2) is 0 Å². The summed E-state index contributed by atoms with van der Waals surface area (Å²) in [6.07, 6.45) is 1.88. The predicted octanol–water partition coefficient (Wildman–Crippen LogP) is 2.55. The second kappa shape index (κ2) is 9.65. The van der Waals surface area contributed by atoms with Crippen molar-refractivity contribution < 1.29 is 13.2 Å². The van der Waals surface area contributed by atoms with Gasteiger partial charge in [-0.1, -0.05) is 26.0 Å². The Hall–Kier alpha value is -2.00. The Balaban J connectivity index is 1.40. The fourth-order valence-corrected chi connectivity index (χ4v) is 5.58. The number of benzene rings is 1. The maximum absolute atomic E-state index is 12.8. The predicted molar refractivity (Wildman–Crippen MR) is 123 cm³/mol. The first-order valence-electron chi connectivity index (χ1n) is 11.1. The van der Waals surface area contributed by atoms with E-state index in [4.69, 9.17) is 4.74 Å². The van der Waals surface area contributed by atoms with Crippen LogP contribution >= 0.6 is 0 Å². The fraction of sp³-hybridized carbons (Fsp3) is 0.522. The average molecular weight is 445 g/mol. The van der Waals surface area contributed by atoms with Crippen molar-refractivity contribution in [2.24, 2.45) is 5.92 Å². The zero-order chi connectivity index (χ0) is 21.8. The van der Waals surface area contributed by atoms with E-state index < -0.39 is 10.0 Å². The Morgan fingerprint density at radius 3 is 2.13 bits per heavy atom. The summed E-state index contributed by atoms with van der Waals surface area (Å²) in [4.78, 5) is 9.85. The van der Waals surface area contributed by atoms with E-state index in [1.54, 1.807) is 12.1 Å². The maximum atomic E-state index is 12.8. The molecular weight excluding hydrogens is 412 g/mol. The molecule has 0 atom stereocenters. The highest BCUT2D eigenvalue weighted by atomic mass is 32.2. The summed E-state index contributed by atoms with van der Waals surface area (Å²) in [5.74, 6) is 1.69. The minimum atomic E-state index is -3.47. The molecule has 4 rings (SSSR count). The summed E-state index contributed by atoms with van der Waals surface area (Å²) in [5, 5.41) is 0. The fourth-order valence-electron chi connectivity index (χ4n) is 4.18. The van der Waals surface area contributed by atoms with Gasteiger partial charge in [-0.3, -0.25) is 4.90 Å². The van der Waals surface area contributed by atoms with Gasteiger partial charge in [0.05, 0.1) is 18.1 Å². The molecule has 3 heterocycles. The van der Waals surface area contributed by atoms with Gasteiger partial charge in [-0.25, -0.2) is 13.4 Å². The molecule has 0 amide bonds. The molecule has 7 nitrogen and oxygen atoms in total. The molecule has 2 aliphatic heterocycles. The third-order valence-corrected chi connectivity index (χ3v) is 7.78. The topological polar surface area (TPSA) is 66.0 Å². The lowest BCUT2D eigenvalue weighted by atomic mass is 10.1. The molecule has 0 unspecified atom stereocenters. The molecule has 0 radical (unpaired) electrons. The minimum Gasteiger partial charge on any atom is -0.379 e. The second-order valence-electron chi connectivity index (χ2n) is 8.63. The number of aromatic nitrogens is 1. The summed E-state index contributed by atoms with van der Waals surface area (Å²) in [5.41, 5.74) is 1.94. The van der Waals surface area contributed by atoms with Crippen molar-refractivity contribution in [3.05, 3.63) is 42.6 Å². The Kier molecular flexibility index (Phi) is 6.91. The standard InChI is InChI=1S/C23H32N4O3S/c1-19(2)18-25-9-11-26(12-10-25)23-8-5-21(17-24-23)20-3-6-22(7-4-20)31(28,29)27-13-15-30-16-14-27/h3-8,17,19H,9-16,18H2,1-2H3. The molecule has 0 aliphatic carbocycles. The third kappa shape index (κ3) is 5.26. The third-order valence-electron chi connectivity index (χ3n) is 5.86. The monoisotopic (exact) mass is 444 g/mol. The van der Waals surface area contributed by atoms with Gasteiger partial charge in [0.2, 0.25) is 10.0 Å². The van der Waals surface area contributed by atoms with E-state index in [1.807, 2.05) is 18.3 Å². The number of rotatable bonds is 6. The Labute approximate surface area is 185 Å². The summed E-state index contributed by atoms with van der Waals surface area (Å²) in [7, 11) is -3.47. The molecule has 2 saturated heterocycles. The highest BCUT2D eigenvalue weighted by molar-refractivity contribution is 7.89. The number of pyridine rings is 1. The van der Waals surface area contributed by atoms with Crippen LogP contribution in [0.25, 0.3) is 11.1 Å². The van der Waals surface area contributed by atoms with E-state index >= 15 is 0 Å². The summed E-state index contributed by atoms with van der Waals surface area (Å²) >= 11 is 0. The Morgan fingerprint density at radius 1 is 0.903 bits per heavy atom. The van der Waals surface area contributed by atoms with E-state index in [2.05, 4.69) is 40.8 Å². The van der Waals surface area contributed by atoms with E-state index in [1.165, 1.54) is 4.31 Å². The number of morpholine rings is 1. The lowest BCUT2D eigenvalue weighted by molar-refractivity contribution is 0.0730. The molecule has 2 aromatic rings. The van der Waals surface area contributed by atoms with Gasteiger partial charge >= 0.3 is 0 Å². The second-order valence-corrected chi connectivity index (χ2v) is 10.6. The molecule has 168 valence electrons. The molecule has 0 spiro atoms. The first-order valence-corrected chi connectivity index (χ1v) is 12.5. The number of anilines is 1. The van der Waals surface area contributed by atoms with Crippen LogP contribution in [0.4, 0.5) is 5.82 Å². The number of nitrogens with zero attached hydrogens (tertiary/aromatic N) is 4. The largest absolute Gasteiger partial charge is 0.379 e. The van der Waals surface area contributed by atoms with Crippen LogP contribution in [-0.2, 0) is 14.8 Å². The van der Waals surface area contributed by atoms with Crippen LogP contribution in [0.1, 0.15) is 13.8 Å². The van der Waals surface area contributed by atoms with Crippen molar-refractivity contribution in [3.8, 4) is 11.1 Å². The Bertz CT molecular complexity index is 947.